The number of aromatic nitrogens is 2. The van der Waals surface area contributed by atoms with Crippen LogP contribution in [0.15, 0.2) is 47.7 Å². The predicted octanol–water partition coefficient (Wildman–Crippen LogP) is 3.64. The Balaban J connectivity index is 2.16. The number of amides is 2. The molecule has 1 aromatic heterocycles. The van der Waals surface area contributed by atoms with Gasteiger partial charge in [0.05, 0.1) is 7.11 Å². The van der Waals surface area contributed by atoms with Gasteiger partial charge in [0, 0.05) is 18.9 Å². The molecule has 156 valence electrons. The number of methoxy groups -OCH3 is 1. The van der Waals surface area contributed by atoms with Gasteiger partial charge in [-0.05, 0) is 57.4 Å². The molecule has 0 radical (unpaired) electrons. The van der Waals surface area contributed by atoms with Crippen LogP contribution >= 0.6 is 0 Å². The first-order chi connectivity index (χ1) is 13.7. The maximum Gasteiger partial charge on any atom is 0.437 e. The molecule has 0 aliphatic rings. The number of carboxylic acid groups (broad SMARTS) is 1. The summed E-state index contributed by atoms with van der Waals surface area (Å²) in [6, 6.07) is 9.16. The third-order valence-electron chi connectivity index (χ3n) is 3.77. The molecule has 0 bridgehead atoms. The molecule has 0 aliphatic heterocycles. The highest BCUT2D eigenvalue weighted by Gasteiger charge is 2.24. The molecule has 9 nitrogen and oxygen atoms in total. The molecule has 1 N–H and O–H groups in total. The van der Waals surface area contributed by atoms with E-state index in [0.717, 1.165) is 16.2 Å². The second-order valence-corrected chi connectivity index (χ2v) is 7.23. The third kappa shape index (κ3) is 6.95. The summed E-state index contributed by atoms with van der Waals surface area (Å²) >= 11 is 0. The van der Waals surface area contributed by atoms with Crippen molar-refractivity contribution in [3.63, 3.8) is 0 Å². The quantitative estimate of drug-likeness (QED) is 0.604. The number of benzene rings is 1. The van der Waals surface area contributed by atoms with Gasteiger partial charge in [0.1, 0.15) is 11.4 Å². The van der Waals surface area contributed by atoms with E-state index in [2.05, 4.69) is 10.1 Å². The average molecular weight is 402 g/mol. The maximum absolute atomic E-state index is 12.2. The van der Waals surface area contributed by atoms with Crippen LogP contribution in [0.3, 0.4) is 0 Å². The smallest absolute Gasteiger partial charge is 0.437 e. The van der Waals surface area contributed by atoms with E-state index in [1.54, 1.807) is 33.9 Å². The minimum Gasteiger partial charge on any atom is -0.497 e. The summed E-state index contributed by atoms with van der Waals surface area (Å²) in [7, 11) is 1.60. The van der Waals surface area contributed by atoms with E-state index in [-0.39, 0.29) is 12.5 Å². The molecule has 0 unspecified atom stereocenters. The first-order valence-corrected chi connectivity index (χ1v) is 9.14. The van der Waals surface area contributed by atoms with Crippen molar-refractivity contribution in [2.24, 2.45) is 4.99 Å². The van der Waals surface area contributed by atoms with Gasteiger partial charge in [0.15, 0.2) is 0 Å². The Morgan fingerprint density at radius 1 is 1.24 bits per heavy atom. The fourth-order valence-corrected chi connectivity index (χ4v) is 2.50. The molecule has 2 rings (SSSR count). The van der Waals surface area contributed by atoms with Gasteiger partial charge in [-0.3, -0.25) is 0 Å². The number of aryl methyl sites for hydroxylation is 1. The number of ether oxygens (including phenoxy) is 2. The largest absolute Gasteiger partial charge is 0.497 e. The second kappa shape index (κ2) is 9.72. The second-order valence-electron chi connectivity index (χ2n) is 7.23. The van der Waals surface area contributed by atoms with Gasteiger partial charge >= 0.3 is 12.2 Å². The third-order valence-corrected chi connectivity index (χ3v) is 3.77. The lowest BCUT2D eigenvalue weighted by Crippen LogP contribution is -2.42. The fraction of sp³-hybridized carbons (Fsp3) is 0.400. The van der Waals surface area contributed by atoms with Gasteiger partial charge in [-0.1, -0.05) is 12.1 Å². The lowest BCUT2D eigenvalue weighted by molar-refractivity contribution is 0.0601. The number of carbonyl (C=O) groups is 2. The van der Waals surface area contributed by atoms with E-state index in [4.69, 9.17) is 9.47 Å². The van der Waals surface area contributed by atoms with Crippen molar-refractivity contribution in [1.29, 1.82) is 0 Å². The van der Waals surface area contributed by atoms with Gasteiger partial charge < -0.3 is 14.6 Å². The average Bonchev–Trinajstić information content (AvgIpc) is 3.17. The summed E-state index contributed by atoms with van der Waals surface area (Å²) in [5.41, 5.74) is 0.291. The van der Waals surface area contributed by atoms with Crippen molar-refractivity contribution in [1.82, 2.24) is 14.7 Å². The molecule has 2 aromatic rings. The molecule has 0 atom stereocenters. The summed E-state index contributed by atoms with van der Waals surface area (Å²) in [5.74, 6) is 0.623. The lowest BCUT2D eigenvalue weighted by atomic mass is 10.1. The standard InChI is InChI=1S/C20H26N4O5/c1-20(2,3)29-18(25)22-17(24-14-6-12-21-24)23(19(26)27)13-5-7-15-8-10-16(28-4)11-9-15/h6,8-12,14H,5,7,13H2,1-4H3,(H,26,27)/b22-17-. The summed E-state index contributed by atoms with van der Waals surface area (Å²) in [6.45, 7) is 5.25. The van der Waals surface area contributed by atoms with Gasteiger partial charge in [-0.2, -0.15) is 5.10 Å². The molecule has 1 heterocycles. The lowest BCUT2D eigenvalue weighted by Gasteiger charge is -2.22. The van der Waals surface area contributed by atoms with E-state index in [0.29, 0.717) is 12.8 Å². The topological polar surface area (TPSA) is 106 Å². The Morgan fingerprint density at radius 2 is 1.93 bits per heavy atom. The van der Waals surface area contributed by atoms with Crippen molar-refractivity contribution in [2.45, 2.75) is 39.2 Å². The van der Waals surface area contributed by atoms with Crippen LogP contribution in [-0.2, 0) is 11.2 Å². The van der Waals surface area contributed by atoms with E-state index < -0.39 is 17.8 Å². The molecule has 1 aromatic carbocycles. The number of nitrogens with zero attached hydrogens (tertiary/aromatic N) is 4. The van der Waals surface area contributed by atoms with E-state index in [9.17, 15) is 14.7 Å². The first kappa shape index (κ1) is 21.9. The molecule has 0 fully saturated rings. The summed E-state index contributed by atoms with van der Waals surface area (Å²) < 4.78 is 11.6. The molecular weight excluding hydrogens is 376 g/mol. The zero-order valence-electron chi connectivity index (χ0n) is 17.0. The van der Waals surface area contributed by atoms with Gasteiger partial charge in [0.2, 0.25) is 5.96 Å². The van der Waals surface area contributed by atoms with Crippen LogP contribution in [-0.4, -0.2) is 57.2 Å². The van der Waals surface area contributed by atoms with E-state index >= 15 is 0 Å². The molecule has 0 aliphatic carbocycles. The monoisotopic (exact) mass is 402 g/mol. The van der Waals surface area contributed by atoms with Gasteiger partial charge in [0.25, 0.3) is 0 Å². The molecule has 0 spiro atoms. The fourth-order valence-electron chi connectivity index (χ4n) is 2.50. The van der Waals surface area contributed by atoms with Gasteiger partial charge in [-0.25, -0.2) is 19.2 Å². The van der Waals surface area contributed by atoms with Crippen molar-refractivity contribution < 1.29 is 24.2 Å². The summed E-state index contributed by atoms with van der Waals surface area (Å²) in [4.78, 5) is 28.9. The first-order valence-electron chi connectivity index (χ1n) is 9.14. The normalized spacial score (nSPS) is 11.8. The predicted molar refractivity (Wildman–Crippen MR) is 107 cm³/mol. The Bertz CT molecular complexity index is 839. The highest BCUT2D eigenvalue weighted by atomic mass is 16.6. The molecule has 29 heavy (non-hydrogen) atoms. The molecule has 2 amide bonds. The SMILES string of the molecule is COc1ccc(CCCN(C(=O)O)/C(=N/C(=O)OC(C)(C)C)n2cccn2)cc1. The minimum absolute atomic E-state index is 0.128. The van der Waals surface area contributed by atoms with Crippen LogP contribution in [0, 0.1) is 0 Å². The Kier molecular flexibility index (Phi) is 7.35. The van der Waals surface area contributed by atoms with Crippen LogP contribution in [0.25, 0.3) is 0 Å². The maximum atomic E-state index is 12.2. The van der Waals surface area contributed by atoms with E-state index in [1.165, 1.54) is 17.1 Å². The highest BCUT2D eigenvalue weighted by Crippen LogP contribution is 2.13. The molecule has 0 saturated heterocycles. The van der Waals surface area contributed by atoms with Crippen molar-refractivity contribution >= 4 is 18.1 Å². The Hall–Kier alpha value is -3.36. The zero-order chi connectivity index (χ0) is 21.4. The van der Waals surface area contributed by atoms with Crippen LogP contribution in [0.1, 0.15) is 32.8 Å². The van der Waals surface area contributed by atoms with Gasteiger partial charge in [-0.15, -0.1) is 4.99 Å². The number of hydrogen-bond acceptors (Lipinski definition) is 5. The van der Waals surface area contributed by atoms with Crippen LogP contribution in [0.5, 0.6) is 5.75 Å². The number of hydrogen-bond donors (Lipinski definition) is 1. The van der Waals surface area contributed by atoms with Crippen molar-refractivity contribution in [3.8, 4) is 5.75 Å². The van der Waals surface area contributed by atoms with Crippen molar-refractivity contribution in [3.05, 3.63) is 48.3 Å². The Morgan fingerprint density at radius 3 is 2.45 bits per heavy atom. The van der Waals surface area contributed by atoms with Crippen LogP contribution in [0.2, 0.25) is 0 Å². The number of carbonyl (C=O) groups excluding carboxylic acids is 1. The van der Waals surface area contributed by atoms with Crippen LogP contribution < -0.4 is 4.74 Å². The molecule has 9 heteroatoms. The molecular formula is C20H26N4O5. The van der Waals surface area contributed by atoms with Crippen LogP contribution in [0.4, 0.5) is 9.59 Å². The summed E-state index contributed by atoms with van der Waals surface area (Å²) in [5, 5.41) is 13.7. The zero-order valence-corrected chi connectivity index (χ0v) is 17.0. The minimum atomic E-state index is -1.24. The van der Waals surface area contributed by atoms with Crippen molar-refractivity contribution in [2.75, 3.05) is 13.7 Å². The van der Waals surface area contributed by atoms with E-state index in [1.807, 2.05) is 24.3 Å². The summed E-state index contributed by atoms with van der Waals surface area (Å²) in [6.07, 6.45) is 2.03. The Labute approximate surface area is 169 Å². The number of aliphatic imine (C=N–C) groups is 1. The highest BCUT2D eigenvalue weighted by molar-refractivity contribution is 5.99. The number of rotatable bonds is 5. The molecule has 0 saturated carbocycles.